The number of hydrogen-bond donors (Lipinski definition) is 2. The molecule has 3 amide bonds. The first kappa shape index (κ1) is 28.2. The molecular weight excluding hydrogens is 505 g/mol. The van der Waals surface area contributed by atoms with Gasteiger partial charge in [-0.15, -0.1) is 22.9 Å². The van der Waals surface area contributed by atoms with Crippen molar-refractivity contribution in [3.8, 4) is 0 Å². The molecule has 1 aromatic rings. The second-order valence-corrected chi connectivity index (χ2v) is 7.96. The maximum Gasteiger partial charge on any atom is 1.00 e. The minimum Gasteiger partial charge on any atom is -0.731 e. The molecule has 0 aromatic carbocycles. The Morgan fingerprint density at radius 1 is 1.41 bits per heavy atom. The Morgan fingerprint density at radius 3 is 2.59 bits per heavy atom. The van der Waals surface area contributed by atoms with Gasteiger partial charge in [-0.3, -0.25) is 14.4 Å². The van der Waals surface area contributed by atoms with Crippen molar-refractivity contribution < 1.29 is 71.3 Å². The number of esters is 1. The fourth-order valence-electron chi connectivity index (χ4n) is 2.34. The van der Waals surface area contributed by atoms with E-state index in [2.05, 4.69) is 25.5 Å². The van der Waals surface area contributed by atoms with Crippen molar-refractivity contribution in [2.45, 2.75) is 19.0 Å². The van der Waals surface area contributed by atoms with Gasteiger partial charge >= 0.3 is 35.5 Å². The van der Waals surface area contributed by atoms with Crippen LogP contribution in [0.5, 0.6) is 0 Å². The summed E-state index contributed by atoms with van der Waals surface area (Å²) in [5.74, 6) is -4.50. The number of nitrogens with zero attached hydrogens (tertiary/aromatic N) is 3. The first-order valence-electron chi connectivity index (χ1n) is 8.24. The number of nitrogens with one attached hydrogen (secondary N) is 2. The molecule has 0 radical (unpaired) electrons. The van der Waals surface area contributed by atoms with Gasteiger partial charge in [-0.25, -0.2) is 22.5 Å². The maximum atomic E-state index is 12.7. The van der Waals surface area contributed by atoms with E-state index in [0.29, 0.717) is 0 Å². The van der Waals surface area contributed by atoms with Crippen molar-refractivity contribution >= 4 is 67.8 Å². The Labute approximate surface area is 212 Å². The van der Waals surface area contributed by atoms with E-state index in [1.807, 2.05) is 0 Å². The molecule has 0 unspecified atom stereocenters. The van der Waals surface area contributed by atoms with Gasteiger partial charge in [-0.05, 0) is 6.92 Å². The standard InChI is InChI=1S/C14H16ClN5O9S2.Na/c1-3-29-19-8(6-5-30-14(16-6)17-7(21)4-15)11(22)18-9-10(13(24)28-2)20(12(9)23)31(25,26)27;/h5,9-10H,3-4H2,1-2H3,(H,18,22)(H,16,17,21)(H,25,26,27);/q;+1/p-1/t9-,10-;/m0./s1. The number of β-lactam (4-membered cyclic amide) rings is 1. The molecule has 0 spiro atoms. The minimum absolute atomic E-state index is 0. The fraction of sp³-hybridized carbons (Fsp3) is 0.429. The van der Waals surface area contributed by atoms with E-state index >= 15 is 0 Å². The van der Waals surface area contributed by atoms with Crippen molar-refractivity contribution in [3.05, 3.63) is 11.1 Å². The number of alkyl halides is 1. The van der Waals surface area contributed by atoms with Crippen LogP contribution in [-0.4, -0.2) is 83.3 Å². The molecule has 0 saturated carbocycles. The molecule has 2 rings (SSSR count). The molecule has 2 heterocycles. The summed E-state index contributed by atoms with van der Waals surface area (Å²) in [7, 11) is -4.41. The van der Waals surface area contributed by atoms with Crippen LogP contribution in [0.2, 0.25) is 0 Å². The van der Waals surface area contributed by atoms with Gasteiger partial charge in [0.15, 0.2) is 27.2 Å². The van der Waals surface area contributed by atoms with Crippen LogP contribution in [-0.2, 0) is 39.1 Å². The van der Waals surface area contributed by atoms with E-state index in [0.717, 1.165) is 18.4 Å². The van der Waals surface area contributed by atoms with Crippen molar-refractivity contribution in [2.75, 3.05) is 24.9 Å². The minimum atomic E-state index is -5.32. The second-order valence-electron chi connectivity index (χ2n) is 5.59. The van der Waals surface area contributed by atoms with Crippen LogP contribution in [0.1, 0.15) is 12.6 Å². The number of rotatable bonds is 9. The molecule has 2 atom stereocenters. The quantitative estimate of drug-likeness (QED) is 0.0609. The normalized spacial score (nSPS) is 18.2. The zero-order chi connectivity index (χ0) is 23.3. The Morgan fingerprint density at radius 2 is 2.06 bits per heavy atom. The third-order valence-corrected chi connectivity index (χ3v) is 5.53. The Kier molecular flexibility index (Phi) is 10.5. The third-order valence-electron chi connectivity index (χ3n) is 3.64. The van der Waals surface area contributed by atoms with Gasteiger partial charge in [0.25, 0.3) is 11.8 Å². The zero-order valence-electron chi connectivity index (χ0n) is 16.9. The Hall–Kier alpha value is -1.82. The third kappa shape index (κ3) is 6.37. The number of hydrogen-bond acceptors (Lipinski definition) is 12. The van der Waals surface area contributed by atoms with E-state index < -0.39 is 51.8 Å². The van der Waals surface area contributed by atoms with Crippen LogP contribution < -0.4 is 40.2 Å². The summed E-state index contributed by atoms with van der Waals surface area (Å²) >= 11 is 6.33. The number of thiazole rings is 1. The van der Waals surface area contributed by atoms with E-state index in [1.165, 1.54) is 5.38 Å². The molecular formula is C14H15ClN5NaO9S2. The summed E-state index contributed by atoms with van der Waals surface area (Å²) in [6.45, 7) is 1.64. The van der Waals surface area contributed by atoms with Crippen molar-refractivity contribution in [2.24, 2.45) is 5.16 Å². The number of halogens is 1. The summed E-state index contributed by atoms with van der Waals surface area (Å²) in [5, 5.41) is 9.53. The average molecular weight is 520 g/mol. The number of methoxy groups -OCH3 is 1. The molecule has 18 heteroatoms. The molecule has 0 aliphatic carbocycles. The summed E-state index contributed by atoms with van der Waals surface area (Å²) in [6, 6.07) is -3.59. The van der Waals surface area contributed by atoms with E-state index in [4.69, 9.17) is 16.4 Å². The van der Waals surface area contributed by atoms with Gasteiger partial charge in [0.05, 0.1) is 7.11 Å². The van der Waals surface area contributed by atoms with Crippen LogP contribution >= 0.6 is 22.9 Å². The van der Waals surface area contributed by atoms with Crippen LogP contribution in [0.4, 0.5) is 5.13 Å². The number of carbonyl (C=O) groups excluding carboxylic acids is 4. The van der Waals surface area contributed by atoms with Gasteiger partial charge in [-0.2, -0.15) is 0 Å². The van der Waals surface area contributed by atoms with Gasteiger partial charge in [0.2, 0.25) is 5.91 Å². The number of ether oxygens (including phenoxy) is 1. The average Bonchev–Trinajstić information content (AvgIpc) is 3.16. The van der Waals surface area contributed by atoms with Crippen LogP contribution in [0.3, 0.4) is 0 Å². The van der Waals surface area contributed by atoms with Crippen molar-refractivity contribution in [1.29, 1.82) is 0 Å². The molecule has 1 aliphatic rings. The van der Waals surface area contributed by atoms with E-state index in [9.17, 15) is 32.1 Å². The van der Waals surface area contributed by atoms with Crippen molar-refractivity contribution in [1.82, 2.24) is 14.6 Å². The van der Waals surface area contributed by atoms with Gasteiger partial charge in [0.1, 0.15) is 24.2 Å². The summed E-state index contributed by atoms with van der Waals surface area (Å²) < 4.78 is 37.9. The number of anilines is 1. The summed E-state index contributed by atoms with van der Waals surface area (Å²) in [6.07, 6.45) is 0. The van der Waals surface area contributed by atoms with Crippen LogP contribution in [0, 0.1) is 0 Å². The molecule has 1 fully saturated rings. The Bertz CT molecular complexity index is 1030. The molecule has 2 N–H and O–H groups in total. The maximum absolute atomic E-state index is 12.7. The molecule has 170 valence electrons. The van der Waals surface area contributed by atoms with Gasteiger partial charge in [0, 0.05) is 5.38 Å². The van der Waals surface area contributed by atoms with Crippen molar-refractivity contribution in [3.63, 3.8) is 0 Å². The molecule has 0 bridgehead atoms. The molecule has 1 aliphatic heterocycles. The number of carbonyl (C=O) groups is 4. The molecule has 32 heavy (non-hydrogen) atoms. The molecule has 1 aromatic heterocycles. The predicted molar refractivity (Wildman–Crippen MR) is 104 cm³/mol. The van der Waals surface area contributed by atoms with Gasteiger partial charge < -0.3 is 24.8 Å². The predicted octanol–water partition coefficient (Wildman–Crippen LogP) is -4.61. The summed E-state index contributed by atoms with van der Waals surface area (Å²) in [4.78, 5) is 56.8. The smallest absolute Gasteiger partial charge is 0.731 e. The first-order chi connectivity index (χ1) is 14.5. The zero-order valence-corrected chi connectivity index (χ0v) is 21.2. The second kappa shape index (κ2) is 11.9. The molecule has 1 saturated heterocycles. The van der Waals surface area contributed by atoms with Crippen LogP contribution in [0.15, 0.2) is 10.5 Å². The Balaban J connectivity index is 0.00000512. The topological polar surface area (TPSA) is 196 Å². The fourth-order valence-corrected chi connectivity index (χ4v) is 3.94. The SMILES string of the molecule is CCON=C(C(=O)N[C@@H]1C(=O)N(S(=O)(=O)[O-])[C@@H]1C(=O)OC)c1csc(NC(=O)CCl)n1.[Na+]. The monoisotopic (exact) mass is 519 g/mol. The van der Waals surface area contributed by atoms with E-state index in [-0.39, 0.29) is 57.2 Å². The van der Waals surface area contributed by atoms with Gasteiger partial charge in [-0.1, -0.05) is 5.16 Å². The number of amides is 3. The largest absolute Gasteiger partial charge is 1.00 e. The van der Waals surface area contributed by atoms with E-state index in [1.54, 1.807) is 6.92 Å². The number of oxime groups is 1. The molecule has 14 nitrogen and oxygen atoms in total. The van der Waals surface area contributed by atoms with Crippen LogP contribution in [0.25, 0.3) is 0 Å². The first-order valence-corrected chi connectivity index (χ1v) is 11.0. The number of aromatic nitrogens is 1. The summed E-state index contributed by atoms with van der Waals surface area (Å²) in [5.41, 5.74) is -0.500.